The molecular formula is C12H15BrN2. The number of fused-ring (bicyclic) bond motifs is 1. The molecule has 0 aliphatic carbocycles. The number of likely N-dealkylation sites (tertiary alicyclic amines) is 1. The molecule has 2 aliphatic heterocycles. The van der Waals surface area contributed by atoms with Gasteiger partial charge in [0.15, 0.2) is 0 Å². The van der Waals surface area contributed by atoms with Crippen molar-refractivity contribution < 1.29 is 0 Å². The zero-order valence-corrected chi connectivity index (χ0v) is 10.3. The van der Waals surface area contributed by atoms with Crippen molar-refractivity contribution in [1.29, 1.82) is 0 Å². The monoisotopic (exact) mass is 266 g/mol. The number of rotatable bonds is 1. The van der Waals surface area contributed by atoms with Crippen molar-refractivity contribution in [3.63, 3.8) is 0 Å². The van der Waals surface area contributed by atoms with E-state index in [1.165, 1.54) is 41.7 Å². The molecule has 1 atom stereocenters. The molecule has 1 N–H and O–H groups in total. The van der Waals surface area contributed by atoms with Gasteiger partial charge in [-0.3, -0.25) is 4.90 Å². The lowest BCUT2D eigenvalue weighted by atomic mass is 9.96. The highest BCUT2D eigenvalue weighted by Gasteiger charge is 2.27. The van der Waals surface area contributed by atoms with Crippen LogP contribution in [-0.2, 0) is 6.42 Å². The summed E-state index contributed by atoms with van der Waals surface area (Å²) >= 11 is 3.59. The maximum Gasteiger partial charge on any atom is 0.0518 e. The van der Waals surface area contributed by atoms with E-state index in [2.05, 4.69) is 44.3 Å². The van der Waals surface area contributed by atoms with Crippen LogP contribution in [0.2, 0.25) is 0 Å². The Hall–Kier alpha value is -0.540. The SMILES string of the molecule is Brc1cccc2c1NCC(N1CCC1)C2. The quantitative estimate of drug-likeness (QED) is 0.841. The summed E-state index contributed by atoms with van der Waals surface area (Å²) in [5.41, 5.74) is 2.75. The lowest BCUT2D eigenvalue weighted by Crippen LogP contribution is -2.50. The molecule has 0 aromatic heterocycles. The predicted molar refractivity (Wildman–Crippen MR) is 66.3 cm³/mol. The Kier molecular flexibility index (Phi) is 2.45. The summed E-state index contributed by atoms with van der Waals surface area (Å²) in [7, 11) is 0. The molecule has 1 saturated heterocycles. The van der Waals surface area contributed by atoms with Crippen molar-refractivity contribution in [1.82, 2.24) is 4.90 Å². The van der Waals surface area contributed by atoms with Gasteiger partial charge in [0, 0.05) is 17.1 Å². The van der Waals surface area contributed by atoms with E-state index in [-0.39, 0.29) is 0 Å². The van der Waals surface area contributed by atoms with Crippen LogP contribution in [0.15, 0.2) is 22.7 Å². The van der Waals surface area contributed by atoms with Gasteiger partial charge < -0.3 is 5.32 Å². The first-order valence-electron chi connectivity index (χ1n) is 5.60. The van der Waals surface area contributed by atoms with Crippen molar-refractivity contribution in [3.05, 3.63) is 28.2 Å². The number of nitrogens with one attached hydrogen (secondary N) is 1. The molecule has 1 aromatic rings. The normalized spacial score (nSPS) is 25.3. The maximum atomic E-state index is 3.59. The fourth-order valence-electron chi connectivity index (χ4n) is 2.45. The Labute approximate surface area is 98.8 Å². The predicted octanol–water partition coefficient (Wildman–Crippen LogP) is 2.49. The zero-order valence-electron chi connectivity index (χ0n) is 8.67. The van der Waals surface area contributed by atoms with Crippen LogP contribution < -0.4 is 5.32 Å². The smallest absolute Gasteiger partial charge is 0.0518 e. The third kappa shape index (κ3) is 1.68. The molecule has 1 unspecified atom stereocenters. The van der Waals surface area contributed by atoms with E-state index < -0.39 is 0 Å². The highest BCUT2D eigenvalue weighted by Crippen LogP contribution is 2.31. The summed E-state index contributed by atoms with van der Waals surface area (Å²) in [6.45, 7) is 3.67. The number of nitrogens with zero attached hydrogens (tertiary/aromatic N) is 1. The first-order valence-corrected chi connectivity index (χ1v) is 6.39. The van der Waals surface area contributed by atoms with Crippen molar-refractivity contribution >= 4 is 21.6 Å². The summed E-state index contributed by atoms with van der Waals surface area (Å²) in [4.78, 5) is 2.58. The third-order valence-corrected chi connectivity index (χ3v) is 4.14. The van der Waals surface area contributed by atoms with Gasteiger partial charge in [-0.1, -0.05) is 12.1 Å². The van der Waals surface area contributed by atoms with Crippen LogP contribution in [0.4, 0.5) is 5.69 Å². The number of hydrogen-bond acceptors (Lipinski definition) is 2. The van der Waals surface area contributed by atoms with Gasteiger partial charge in [0.05, 0.1) is 5.69 Å². The van der Waals surface area contributed by atoms with Gasteiger partial charge in [0.1, 0.15) is 0 Å². The van der Waals surface area contributed by atoms with Gasteiger partial charge in [-0.2, -0.15) is 0 Å². The average molecular weight is 267 g/mol. The number of hydrogen-bond donors (Lipinski definition) is 1. The van der Waals surface area contributed by atoms with E-state index in [0.717, 1.165) is 6.54 Å². The Morgan fingerprint density at radius 3 is 2.93 bits per heavy atom. The van der Waals surface area contributed by atoms with Crippen LogP contribution in [0.1, 0.15) is 12.0 Å². The maximum absolute atomic E-state index is 3.59. The van der Waals surface area contributed by atoms with Crippen LogP contribution in [0.3, 0.4) is 0 Å². The summed E-state index contributed by atoms with van der Waals surface area (Å²) in [6.07, 6.45) is 2.57. The van der Waals surface area contributed by atoms with Gasteiger partial charge in [0.2, 0.25) is 0 Å². The summed E-state index contributed by atoms with van der Waals surface area (Å²) < 4.78 is 1.20. The van der Waals surface area contributed by atoms with E-state index >= 15 is 0 Å². The Balaban J connectivity index is 1.83. The topological polar surface area (TPSA) is 15.3 Å². The molecule has 2 aliphatic rings. The largest absolute Gasteiger partial charge is 0.382 e. The van der Waals surface area contributed by atoms with Crippen LogP contribution in [0.5, 0.6) is 0 Å². The summed E-state index contributed by atoms with van der Waals surface area (Å²) in [6, 6.07) is 7.18. The van der Waals surface area contributed by atoms with E-state index in [4.69, 9.17) is 0 Å². The second-order valence-electron chi connectivity index (χ2n) is 4.40. The van der Waals surface area contributed by atoms with Gasteiger partial charge in [-0.05, 0) is 53.5 Å². The first kappa shape index (κ1) is 9.67. The molecule has 80 valence electrons. The Morgan fingerprint density at radius 2 is 2.20 bits per heavy atom. The van der Waals surface area contributed by atoms with Crippen molar-refractivity contribution in [2.24, 2.45) is 0 Å². The standard InChI is InChI=1S/C12H15BrN2/c13-11-4-1-3-9-7-10(8-14-12(9)11)15-5-2-6-15/h1,3-4,10,14H,2,5-8H2. The Morgan fingerprint density at radius 1 is 1.33 bits per heavy atom. The summed E-state index contributed by atoms with van der Waals surface area (Å²) in [5, 5.41) is 3.54. The van der Waals surface area contributed by atoms with E-state index in [9.17, 15) is 0 Å². The first-order chi connectivity index (χ1) is 7.34. The fraction of sp³-hybridized carbons (Fsp3) is 0.500. The number of para-hydroxylation sites is 1. The highest BCUT2D eigenvalue weighted by molar-refractivity contribution is 9.10. The average Bonchev–Trinajstić information content (AvgIpc) is 2.15. The number of halogens is 1. The molecule has 0 spiro atoms. The molecule has 0 radical (unpaired) electrons. The minimum Gasteiger partial charge on any atom is -0.382 e. The Bertz CT molecular complexity index is 374. The molecule has 3 rings (SSSR count). The van der Waals surface area contributed by atoms with Crippen molar-refractivity contribution in [2.45, 2.75) is 18.9 Å². The third-order valence-electron chi connectivity index (χ3n) is 3.48. The minimum atomic E-state index is 0.709. The minimum absolute atomic E-state index is 0.709. The van der Waals surface area contributed by atoms with Crippen LogP contribution in [0.25, 0.3) is 0 Å². The molecule has 0 saturated carbocycles. The van der Waals surface area contributed by atoms with Crippen molar-refractivity contribution in [2.75, 3.05) is 25.0 Å². The van der Waals surface area contributed by atoms with Crippen LogP contribution >= 0.6 is 15.9 Å². The zero-order chi connectivity index (χ0) is 10.3. The van der Waals surface area contributed by atoms with Gasteiger partial charge in [-0.15, -0.1) is 0 Å². The molecule has 15 heavy (non-hydrogen) atoms. The molecule has 0 bridgehead atoms. The molecule has 1 fully saturated rings. The highest BCUT2D eigenvalue weighted by atomic mass is 79.9. The second-order valence-corrected chi connectivity index (χ2v) is 5.26. The fourth-order valence-corrected chi connectivity index (χ4v) is 2.99. The molecule has 3 heteroatoms. The van der Waals surface area contributed by atoms with Gasteiger partial charge >= 0.3 is 0 Å². The molecule has 0 amide bonds. The molecular weight excluding hydrogens is 252 g/mol. The molecule has 2 nitrogen and oxygen atoms in total. The van der Waals surface area contributed by atoms with Crippen LogP contribution in [0, 0.1) is 0 Å². The van der Waals surface area contributed by atoms with Crippen molar-refractivity contribution in [3.8, 4) is 0 Å². The molecule has 1 aromatic carbocycles. The second kappa shape index (κ2) is 3.80. The van der Waals surface area contributed by atoms with E-state index in [1.807, 2.05) is 0 Å². The van der Waals surface area contributed by atoms with E-state index in [1.54, 1.807) is 0 Å². The van der Waals surface area contributed by atoms with Crippen LogP contribution in [-0.4, -0.2) is 30.6 Å². The number of benzene rings is 1. The molecule has 2 heterocycles. The number of anilines is 1. The van der Waals surface area contributed by atoms with Gasteiger partial charge in [-0.25, -0.2) is 0 Å². The van der Waals surface area contributed by atoms with Gasteiger partial charge in [0.25, 0.3) is 0 Å². The lowest BCUT2D eigenvalue weighted by Gasteiger charge is -2.41. The lowest BCUT2D eigenvalue weighted by molar-refractivity contribution is 0.122. The summed E-state index contributed by atoms with van der Waals surface area (Å²) in [5.74, 6) is 0. The van der Waals surface area contributed by atoms with E-state index in [0.29, 0.717) is 6.04 Å².